The Morgan fingerprint density at radius 2 is 2.04 bits per heavy atom. The molecule has 2 aromatic heterocycles. The minimum Gasteiger partial charge on any atom is -0.292 e. The number of carbonyl (C=O) groups excluding carboxylic acids is 1. The van der Waals surface area contributed by atoms with Gasteiger partial charge in [0.2, 0.25) is 0 Å². The number of nitrogens with zero attached hydrogens (tertiary/aromatic N) is 2. The van der Waals surface area contributed by atoms with Crippen LogP contribution in [0, 0.1) is 13.8 Å². The molecule has 0 N–H and O–H groups in total. The van der Waals surface area contributed by atoms with E-state index in [0.29, 0.717) is 20.8 Å². The number of thiophene rings is 1. The Balaban J connectivity index is 2.01. The molecular weight excluding hydrogens is 355 g/mol. The zero-order valence-corrected chi connectivity index (χ0v) is 14.7. The molecule has 0 bridgehead atoms. The first-order chi connectivity index (χ1) is 10.9. The summed E-state index contributed by atoms with van der Waals surface area (Å²) in [5.74, 6) is -0.264. The first-order valence-corrected chi connectivity index (χ1v) is 8.39. The van der Waals surface area contributed by atoms with Crippen LogP contribution in [-0.4, -0.2) is 15.3 Å². The molecule has 3 rings (SSSR count). The Morgan fingerprint density at radius 3 is 2.74 bits per heavy atom. The lowest BCUT2D eigenvalue weighted by Crippen LogP contribution is -2.24. The smallest absolute Gasteiger partial charge is 0.262 e. The van der Waals surface area contributed by atoms with Crippen LogP contribution in [-0.2, 0) is 6.54 Å². The van der Waals surface area contributed by atoms with E-state index >= 15 is 0 Å². The molecule has 0 aliphatic heterocycles. The van der Waals surface area contributed by atoms with Crippen molar-refractivity contribution in [2.45, 2.75) is 20.4 Å². The van der Waals surface area contributed by atoms with Crippen molar-refractivity contribution >= 4 is 50.5 Å². The fourth-order valence-electron chi connectivity index (χ4n) is 2.34. The predicted molar refractivity (Wildman–Crippen MR) is 94.1 cm³/mol. The van der Waals surface area contributed by atoms with Gasteiger partial charge in [-0.25, -0.2) is 4.98 Å². The minimum absolute atomic E-state index is 0.114. The fraction of sp³-hybridized carbons (Fsp3) is 0.188. The zero-order valence-electron chi connectivity index (χ0n) is 12.4. The summed E-state index contributed by atoms with van der Waals surface area (Å²) >= 11 is 13.4. The van der Waals surface area contributed by atoms with Gasteiger partial charge in [0.15, 0.2) is 5.78 Å². The largest absolute Gasteiger partial charge is 0.292 e. The molecular formula is C16H12Cl2N2O2S. The van der Waals surface area contributed by atoms with Crippen molar-refractivity contribution in [1.82, 2.24) is 9.55 Å². The molecule has 0 atom stereocenters. The molecule has 7 heteroatoms. The van der Waals surface area contributed by atoms with Crippen molar-refractivity contribution in [3.05, 3.63) is 60.9 Å². The molecule has 23 heavy (non-hydrogen) atoms. The average molecular weight is 367 g/mol. The molecule has 0 spiro atoms. The maximum atomic E-state index is 12.6. The van der Waals surface area contributed by atoms with Gasteiger partial charge >= 0.3 is 0 Å². The molecule has 0 aliphatic carbocycles. The van der Waals surface area contributed by atoms with Crippen LogP contribution in [0.1, 0.15) is 20.8 Å². The maximum absolute atomic E-state index is 12.6. The number of halogens is 2. The van der Waals surface area contributed by atoms with Crippen LogP contribution in [0.2, 0.25) is 10.0 Å². The number of fused-ring (bicyclic) bond motifs is 1. The lowest BCUT2D eigenvalue weighted by Gasteiger charge is -2.07. The van der Waals surface area contributed by atoms with E-state index in [9.17, 15) is 9.59 Å². The second-order valence-electron chi connectivity index (χ2n) is 5.19. The van der Waals surface area contributed by atoms with Crippen molar-refractivity contribution in [1.29, 1.82) is 0 Å². The lowest BCUT2D eigenvalue weighted by atomic mass is 10.1. The number of aromatic nitrogens is 2. The highest BCUT2D eigenvalue weighted by molar-refractivity contribution is 7.18. The number of hydrogen-bond acceptors (Lipinski definition) is 4. The topological polar surface area (TPSA) is 52.0 Å². The van der Waals surface area contributed by atoms with Gasteiger partial charge in [0.05, 0.1) is 23.3 Å². The molecule has 1 aromatic carbocycles. The van der Waals surface area contributed by atoms with Crippen molar-refractivity contribution in [2.24, 2.45) is 0 Å². The zero-order chi connectivity index (χ0) is 16.7. The third-order valence-corrected chi connectivity index (χ3v) is 5.36. The Labute approximate surface area is 146 Å². The lowest BCUT2D eigenvalue weighted by molar-refractivity contribution is 0.0971. The summed E-state index contributed by atoms with van der Waals surface area (Å²) < 4.78 is 1.31. The van der Waals surface area contributed by atoms with Crippen molar-refractivity contribution in [2.75, 3.05) is 0 Å². The predicted octanol–water partition coefficient (Wildman–Crippen LogP) is 4.26. The highest BCUT2D eigenvalue weighted by Crippen LogP contribution is 2.26. The van der Waals surface area contributed by atoms with Crippen LogP contribution in [0.5, 0.6) is 0 Å². The molecule has 4 nitrogen and oxygen atoms in total. The maximum Gasteiger partial charge on any atom is 0.262 e. The standard InChI is InChI=1S/C16H12Cl2N2O2S/c1-8-9(2)23-15-14(8)16(22)20(7-19-15)6-13(21)11-4-3-10(17)5-12(11)18/h3-5,7H,6H2,1-2H3. The van der Waals surface area contributed by atoms with E-state index in [1.165, 1.54) is 28.3 Å². The summed E-state index contributed by atoms with van der Waals surface area (Å²) in [6.45, 7) is 3.72. The van der Waals surface area contributed by atoms with Gasteiger partial charge in [0.1, 0.15) is 4.83 Å². The summed E-state index contributed by atoms with van der Waals surface area (Å²) in [6.07, 6.45) is 1.40. The summed E-state index contributed by atoms with van der Waals surface area (Å²) in [5, 5.41) is 1.30. The van der Waals surface area contributed by atoms with Gasteiger partial charge in [-0.1, -0.05) is 23.2 Å². The second kappa shape index (κ2) is 6.07. The molecule has 3 aromatic rings. The van der Waals surface area contributed by atoms with E-state index < -0.39 is 0 Å². The molecule has 0 radical (unpaired) electrons. The Kier molecular flexibility index (Phi) is 4.27. The molecule has 0 saturated carbocycles. The average Bonchev–Trinajstić information content (AvgIpc) is 2.77. The molecule has 0 saturated heterocycles. The molecule has 0 unspecified atom stereocenters. The van der Waals surface area contributed by atoms with Gasteiger partial charge in [0, 0.05) is 15.5 Å². The fourth-order valence-corrected chi connectivity index (χ4v) is 3.84. The van der Waals surface area contributed by atoms with Crippen LogP contribution in [0.15, 0.2) is 29.3 Å². The monoisotopic (exact) mass is 366 g/mol. The summed E-state index contributed by atoms with van der Waals surface area (Å²) in [5.41, 5.74) is 1.03. The van der Waals surface area contributed by atoms with Gasteiger partial charge in [-0.05, 0) is 37.6 Å². The number of hydrogen-bond donors (Lipinski definition) is 0. The van der Waals surface area contributed by atoms with Crippen molar-refractivity contribution < 1.29 is 4.79 Å². The van der Waals surface area contributed by atoms with Gasteiger partial charge in [-0.2, -0.15) is 0 Å². The number of Topliss-reactive ketones (excluding diaryl/α,β-unsaturated/α-hetero) is 1. The van der Waals surface area contributed by atoms with Crippen LogP contribution in [0.4, 0.5) is 0 Å². The summed E-state index contributed by atoms with van der Waals surface area (Å²) in [6, 6.07) is 4.66. The third-order valence-electron chi connectivity index (χ3n) is 3.70. The highest BCUT2D eigenvalue weighted by Gasteiger charge is 2.16. The van der Waals surface area contributed by atoms with E-state index in [1.54, 1.807) is 12.1 Å². The first kappa shape index (κ1) is 16.2. The Hall–Kier alpha value is -1.69. The number of ketones is 1. The van der Waals surface area contributed by atoms with Gasteiger partial charge in [0.25, 0.3) is 5.56 Å². The van der Waals surface area contributed by atoms with E-state index in [4.69, 9.17) is 23.2 Å². The molecule has 0 fully saturated rings. The normalized spacial score (nSPS) is 11.1. The Morgan fingerprint density at radius 1 is 1.30 bits per heavy atom. The van der Waals surface area contributed by atoms with Crippen LogP contribution in [0.25, 0.3) is 10.2 Å². The molecule has 0 aliphatic rings. The van der Waals surface area contributed by atoms with E-state index in [2.05, 4.69) is 4.98 Å². The Bertz CT molecular complexity index is 992. The first-order valence-electron chi connectivity index (χ1n) is 6.82. The van der Waals surface area contributed by atoms with Crippen LogP contribution >= 0.6 is 34.5 Å². The summed E-state index contributed by atoms with van der Waals surface area (Å²) in [7, 11) is 0. The second-order valence-corrected chi connectivity index (χ2v) is 7.24. The van der Waals surface area contributed by atoms with Crippen LogP contribution in [0.3, 0.4) is 0 Å². The van der Waals surface area contributed by atoms with E-state index in [1.807, 2.05) is 13.8 Å². The van der Waals surface area contributed by atoms with E-state index in [-0.39, 0.29) is 22.9 Å². The SMILES string of the molecule is Cc1sc2ncn(CC(=O)c3ccc(Cl)cc3Cl)c(=O)c2c1C. The van der Waals surface area contributed by atoms with Crippen molar-refractivity contribution in [3.63, 3.8) is 0 Å². The van der Waals surface area contributed by atoms with E-state index in [0.717, 1.165) is 10.4 Å². The van der Waals surface area contributed by atoms with Gasteiger partial charge in [-0.15, -0.1) is 11.3 Å². The molecule has 118 valence electrons. The number of benzene rings is 1. The molecule has 0 amide bonds. The minimum atomic E-state index is -0.264. The van der Waals surface area contributed by atoms with Crippen molar-refractivity contribution in [3.8, 4) is 0 Å². The summed E-state index contributed by atoms with van der Waals surface area (Å²) in [4.78, 5) is 31.0. The molecule has 2 heterocycles. The number of carbonyl (C=O) groups is 1. The van der Waals surface area contributed by atoms with Gasteiger partial charge < -0.3 is 0 Å². The number of rotatable bonds is 3. The van der Waals surface area contributed by atoms with Crippen LogP contribution < -0.4 is 5.56 Å². The number of aryl methyl sites for hydroxylation is 2. The highest BCUT2D eigenvalue weighted by atomic mass is 35.5. The quantitative estimate of drug-likeness (QED) is 0.650. The third kappa shape index (κ3) is 2.92. The van der Waals surface area contributed by atoms with Gasteiger partial charge in [-0.3, -0.25) is 14.2 Å².